The summed E-state index contributed by atoms with van der Waals surface area (Å²) in [5.41, 5.74) is 9.24. The lowest BCUT2D eigenvalue weighted by Gasteiger charge is -2.27. The molecule has 0 fully saturated rings. The zero-order valence-corrected chi connectivity index (χ0v) is 22.9. The minimum absolute atomic E-state index is 0.0468. The summed E-state index contributed by atoms with van der Waals surface area (Å²) in [7, 11) is 1.54. The zero-order valence-electron chi connectivity index (χ0n) is 22.0. The van der Waals surface area contributed by atoms with E-state index < -0.39 is 29.2 Å². The normalized spacial score (nSPS) is 10.6. The molecular formula is C28H26N4O6S. The van der Waals surface area contributed by atoms with Crippen LogP contribution in [-0.4, -0.2) is 47.7 Å². The number of anilines is 2. The van der Waals surface area contributed by atoms with Gasteiger partial charge in [-0.3, -0.25) is 4.79 Å². The van der Waals surface area contributed by atoms with E-state index in [2.05, 4.69) is 4.79 Å². The summed E-state index contributed by atoms with van der Waals surface area (Å²) in [6.45, 7) is 6.59. The van der Waals surface area contributed by atoms with Gasteiger partial charge in [0.15, 0.2) is 0 Å². The van der Waals surface area contributed by atoms with E-state index in [9.17, 15) is 25.2 Å². The summed E-state index contributed by atoms with van der Waals surface area (Å²) >= 11 is 0.988. The van der Waals surface area contributed by atoms with E-state index in [1.54, 1.807) is 58.0 Å². The van der Waals surface area contributed by atoms with Crippen molar-refractivity contribution in [1.29, 1.82) is 5.26 Å². The maximum atomic E-state index is 13.6. The number of rotatable bonds is 8. The van der Waals surface area contributed by atoms with Crippen LogP contribution in [0.2, 0.25) is 0 Å². The van der Waals surface area contributed by atoms with E-state index in [0.29, 0.717) is 27.4 Å². The molecule has 1 aromatic heterocycles. The highest BCUT2D eigenvalue weighted by atomic mass is 32.1. The lowest BCUT2D eigenvalue weighted by atomic mass is 10.1. The highest BCUT2D eigenvalue weighted by molar-refractivity contribution is 7.19. The number of hydrogen-bond acceptors (Lipinski definition) is 8. The highest BCUT2D eigenvalue weighted by Crippen LogP contribution is 2.41. The lowest BCUT2D eigenvalue weighted by Crippen LogP contribution is -2.35. The Balaban J connectivity index is 2.27. The lowest BCUT2D eigenvalue weighted by molar-refractivity contribution is -0.139. The first kappa shape index (κ1) is 28.8. The van der Waals surface area contributed by atoms with E-state index in [0.717, 1.165) is 11.3 Å². The summed E-state index contributed by atoms with van der Waals surface area (Å²) in [4.78, 5) is 44.1. The molecule has 10 nitrogen and oxygen atoms in total. The SMILES string of the molecule is CCOC(=O)C(=[N+]=[N-])C(=O)c1sc(-c2ccc(OC)cc2)cc1N(C(=O)OC(C)(C)C)c1ccc(C#N)cc1. The average Bonchev–Trinajstić information content (AvgIpc) is 3.33. The molecule has 0 aliphatic rings. The molecule has 3 rings (SSSR count). The molecule has 0 spiro atoms. The number of esters is 1. The van der Waals surface area contributed by atoms with Gasteiger partial charge in [0.1, 0.15) is 16.2 Å². The zero-order chi connectivity index (χ0) is 28.7. The Bertz CT molecular complexity index is 1470. The Kier molecular flexibility index (Phi) is 8.99. The molecule has 0 N–H and O–H groups in total. The molecule has 39 heavy (non-hydrogen) atoms. The fourth-order valence-electron chi connectivity index (χ4n) is 3.43. The maximum absolute atomic E-state index is 13.6. The Morgan fingerprint density at radius 2 is 1.72 bits per heavy atom. The third kappa shape index (κ3) is 6.76. The quantitative estimate of drug-likeness (QED) is 0.0869. The molecule has 0 saturated carbocycles. The monoisotopic (exact) mass is 546 g/mol. The number of ether oxygens (including phenoxy) is 3. The Hall–Kier alpha value is -4.78. The van der Waals surface area contributed by atoms with Gasteiger partial charge in [0, 0.05) is 4.88 Å². The van der Waals surface area contributed by atoms with Crippen molar-refractivity contribution in [2.24, 2.45) is 0 Å². The summed E-state index contributed by atoms with van der Waals surface area (Å²) < 4.78 is 15.8. The number of ketones is 1. The molecule has 0 aliphatic carbocycles. The van der Waals surface area contributed by atoms with Crippen molar-refractivity contribution >= 4 is 46.3 Å². The first-order valence-electron chi connectivity index (χ1n) is 11.8. The summed E-state index contributed by atoms with van der Waals surface area (Å²) in [6, 6.07) is 16.7. The van der Waals surface area contributed by atoms with Crippen molar-refractivity contribution < 1.29 is 33.4 Å². The van der Waals surface area contributed by atoms with Crippen LogP contribution < -0.4 is 9.64 Å². The molecule has 11 heteroatoms. The number of nitriles is 1. The number of carbonyl (C=O) groups excluding carboxylic acids is 3. The van der Waals surface area contributed by atoms with Crippen LogP contribution >= 0.6 is 11.3 Å². The number of thiophene rings is 1. The van der Waals surface area contributed by atoms with Gasteiger partial charge in [0.05, 0.1) is 36.7 Å². The van der Waals surface area contributed by atoms with E-state index in [1.165, 1.54) is 36.3 Å². The van der Waals surface area contributed by atoms with Crippen molar-refractivity contribution in [1.82, 2.24) is 0 Å². The van der Waals surface area contributed by atoms with Crippen LogP contribution in [0, 0.1) is 11.3 Å². The van der Waals surface area contributed by atoms with Crippen molar-refractivity contribution in [3.8, 4) is 22.3 Å². The first-order chi connectivity index (χ1) is 18.5. The fourth-order valence-corrected chi connectivity index (χ4v) is 4.52. The largest absolute Gasteiger partial charge is 0.497 e. The number of amides is 1. The summed E-state index contributed by atoms with van der Waals surface area (Å²) in [5, 5.41) is 9.23. The Morgan fingerprint density at radius 3 is 2.23 bits per heavy atom. The predicted molar refractivity (Wildman–Crippen MR) is 145 cm³/mol. The third-order valence-corrected chi connectivity index (χ3v) is 6.32. The third-order valence-electron chi connectivity index (χ3n) is 5.15. The number of Topliss-reactive ketones (excluding diaryl/α,β-unsaturated/α-hetero) is 1. The number of nitrogens with zero attached hydrogens (tertiary/aromatic N) is 4. The molecule has 3 aromatic rings. The molecule has 0 atom stereocenters. The van der Waals surface area contributed by atoms with E-state index in [-0.39, 0.29) is 17.2 Å². The van der Waals surface area contributed by atoms with Gasteiger partial charge in [0.2, 0.25) is 0 Å². The van der Waals surface area contributed by atoms with Gasteiger partial charge in [-0.25, -0.2) is 14.5 Å². The first-order valence-corrected chi connectivity index (χ1v) is 12.6. The topological polar surface area (TPSA) is 142 Å². The van der Waals surface area contributed by atoms with Gasteiger partial charge < -0.3 is 19.7 Å². The second-order valence-electron chi connectivity index (χ2n) is 9.03. The average molecular weight is 547 g/mol. The van der Waals surface area contributed by atoms with Crippen molar-refractivity contribution in [2.75, 3.05) is 18.6 Å². The summed E-state index contributed by atoms with van der Waals surface area (Å²) in [5.74, 6) is -1.44. The number of carbonyl (C=O) groups is 3. The Morgan fingerprint density at radius 1 is 1.08 bits per heavy atom. The predicted octanol–water partition coefficient (Wildman–Crippen LogP) is 5.79. The van der Waals surface area contributed by atoms with E-state index in [1.807, 2.05) is 6.07 Å². The molecule has 0 radical (unpaired) electrons. The minimum Gasteiger partial charge on any atom is -0.497 e. The van der Waals surface area contributed by atoms with Crippen LogP contribution in [0.1, 0.15) is 42.9 Å². The molecule has 1 amide bonds. The van der Waals surface area contributed by atoms with Crippen molar-refractivity contribution in [2.45, 2.75) is 33.3 Å². The number of hydrogen-bond donors (Lipinski definition) is 0. The van der Waals surface area contributed by atoms with Gasteiger partial charge in [-0.2, -0.15) is 10.1 Å². The van der Waals surface area contributed by atoms with Crippen LogP contribution in [0.4, 0.5) is 16.2 Å². The standard InChI is InChI=1S/C28H26N4O6S/c1-6-37-26(34)23(31-30)24(33)25-21(15-22(39-25)18-9-13-20(36-5)14-10-18)32(27(35)38-28(2,3)4)19-11-7-17(16-29)8-12-19/h7-15H,6H2,1-5H3. The second-order valence-corrected chi connectivity index (χ2v) is 10.1. The van der Waals surface area contributed by atoms with Crippen LogP contribution in [0.3, 0.4) is 0 Å². The van der Waals surface area contributed by atoms with Crippen LogP contribution in [0.25, 0.3) is 16.0 Å². The van der Waals surface area contributed by atoms with E-state index in [4.69, 9.17) is 14.2 Å². The van der Waals surface area contributed by atoms with Crippen LogP contribution in [0.5, 0.6) is 5.75 Å². The molecule has 1 heterocycles. The summed E-state index contributed by atoms with van der Waals surface area (Å²) in [6.07, 6.45) is -0.807. The van der Waals surface area contributed by atoms with Gasteiger partial charge in [-0.05, 0) is 87.9 Å². The van der Waals surface area contributed by atoms with Crippen molar-refractivity contribution in [3.05, 3.63) is 70.6 Å². The van der Waals surface area contributed by atoms with E-state index >= 15 is 0 Å². The molecule has 2 aromatic carbocycles. The van der Waals surface area contributed by atoms with Gasteiger partial charge in [0.25, 0.3) is 5.78 Å². The highest BCUT2D eigenvalue weighted by Gasteiger charge is 2.38. The second kappa shape index (κ2) is 12.2. The minimum atomic E-state index is -1.11. The number of methoxy groups -OCH3 is 1. The fraction of sp³-hybridized carbons (Fsp3) is 0.250. The molecule has 0 bridgehead atoms. The molecule has 0 saturated heterocycles. The molecule has 0 aliphatic heterocycles. The maximum Gasteiger partial charge on any atom is 0.447 e. The van der Waals surface area contributed by atoms with Gasteiger partial charge in [-0.1, -0.05) is 0 Å². The van der Waals surface area contributed by atoms with Crippen molar-refractivity contribution in [3.63, 3.8) is 0 Å². The van der Waals surface area contributed by atoms with Gasteiger partial charge >= 0.3 is 17.8 Å². The smallest absolute Gasteiger partial charge is 0.447 e. The van der Waals surface area contributed by atoms with Gasteiger partial charge in [-0.15, -0.1) is 11.3 Å². The van der Waals surface area contributed by atoms with Crippen LogP contribution in [0.15, 0.2) is 54.6 Å². The van der Waals surface area contributed by atoms with Crippen LogP contribution in [-0.2, 0) is 14.3 Å². The molecule has 0 unspecified atom stereocenters. The molecule has 200 valence electrons. The Labute approximate surface area is 229 Å². The number of benzene rings is 2. The molecular weight excluding hydrogens is 520 g/mol.